The lowest BCUT2D eigenvalue weighted by Gasteiger charge is -2.29. The van der Waals surface area contributed by atoms with Gasteiger partial charge in [0.15, 0.2) is 0 Å². The van der Waals surface area contributed by atoms with E-state index in [9.17, 15) is 0 Å². The van der Waals surface area contributed by atoms with Crippen molar-refractivity contribution in [1.29, 1.82) is 0 Å². The fourth-order valence-electron chi connectivity index (χ4n) is 2.57. The van der Waals surface area contributed by atoms with Crippen LogP contribution in [0.15, 0.2) is 54.6 Å². The van der Waals surface area contributed by atoms with Crippen molar-refractivity contribution in [2.24, 2.45) is 0 Å². The quantitative estimate of drug-likeness (QED) is 0.776. The van der Waals surface area contributed by atoms with Gasteiger partial charge in [-0.1, -0.05) is 49.7 Å². The Kier molecular flexibility index (Phi) is 5.82. The topological polar surface area (TPSA) is 15.3 Å². The third kappa shape index (κ3) is 3.85. The maximum atomic E-state index is 3.36. The minimum Gasteiger partial charge on any atom is -0.341 e. The predicted molar refractivity (Wildman–Crippen MR) is 92.3 cm³/mol. The molecule has 1 unspecified atom stereocenters. The molecule has 112 valence electrons. The summed E-state index contributed by atoms with van der Waals surface area (Å²) in [6.45, 7) is 5.50. The number of para-hydroxylation sites is 2. The molecule has 0 bridgehead atoms. The van der Waals surface area contributed by atoms with Crippen molar-refractivity contribution in [2.45, 2.75) is 32.7 Å². The number of hydrogen-bond donors (Lipinski definition) is 1. The van der Waals surface area contributed by atoms with Crippen molar-refractivity contribution in [1.82, 2.24) is 5.32 Å². The van der Waals surface area contributed by atoms with Crippen molar-refractivity contribution in [3.8, 4) is 0 Å². The molecule has 2 aromatic carbocycles. The number of nitrogens with one attached hydrogen (secondary N) is 1. The second-order valence-electron chi connectivity index (χ2n) is 5.41. The van der Waals surface area contributed by atoms with E-state index in [0.29, 0.717) is 6.04 Å². The molecular formula is C19H26N2. The molecule has 0 amide bonds. The normalized spacial score (nSPS) is 12.1. The molecule has 0 spiro atoms. The van der Waals surface area contributed by atoms with Crippen LogP contribution in [0.2, 0.25) is 0 Å². The monoisotopic (exact) mass is 282 g/mol. The Hall–Kier alpha value is -1.80. The minimum absolute atomic E-state index is 0.342. The molecule has 0 radical (unpaired) electrons. The van der Waals surface area contributed by atoms with E-state index in [1.807, 2.05) is 7.05 Å². The third-order valence-electron chi connectivity index (χ3n) is 3.93. The highest BCUT2D eigenvalue weighted by atomic mass is 15.1. The SMILES string of the molecule is CCCCN(c1ccccc1)c1ccccc1C(C)NC. The van der Waals surface area contributed by atoms with Gasteiger partial charge in [0, 0.05) is 24.0 Å². The lowest BCUT2D eigenvalue weighted by Crippen LogP contribution is -2.22. The highest BCUT2D eigenvalue weighted by Crippen LogP contribution is 2.32. The molecular weight excluding hydrogens is 256 g/mol. The van der Waals surface area contributed by atoms with Crippen LogP contribution in [-0.2, 0) is 0 Å². The summed E-state index contributed by atoms with van der Waals surface area (Å²) in [5.41, 5.74) is 3.92. The van der Waals surface area contributed by atoms with E-state index in [4.69, 9.17) is 0 Å². The van der Waals surface area contributed by atoms with Gasteiger partial charge in [-0.15, -0.1) is 0 Å². The van der Waals surface area contributed by atoms with Crippen molar-refractivity contribution in [3.63, 3.8) is 0 Å². The van der Waals surface area contributed by atoms with Crippen LogP contribution in [0, 0.1) is 0 Å². The molecule has 0 aliphatic heterocycles. The summed E-state index contributed by atoms with van der Waals surface area (Å²) in [5, 5.41) is 3.36. The largest absolute Gasteiger partial charge is 0.341 e. The zero-order valence-corrected chi connectivity index (χ0v) is 13.3. The molecule has 0 fully saturated rings. The van der Waals surface area contributed by atoms with Gasteiger partial charge in [0.25, 0.3) is 0 Å². The van der Waals surface area contributed by atoms with Crippen LogP contribution in [0.4, 0.5) is 11.4 Å². The van der Waals surface area contributed by atoms with Crippen LogP contribution in [0.25, 0.3) is 0 Å². The molecule has 0 aliphatic carbocycles. The van der Waals surface area contributed by atoms with Crippen LogP contribution < -0.4 is 10.2 Å². The van der Waals surface area contributed by atoms with Gasteiger partial charge in [0.1, 0.15) is 0 Å². The van der Waals surface area contributed by atoms with Crippen LogP contribution in [-0.4, -0.2) is 13.6 Å². The molecule has 0 saturated heterocycles. The second kappa shape index (κ2) is 7.84. The van der Waals surface area contributed by atoms with Crippen molar-refractivity contribution in [2.75, 3.05) is 18.5 Å². The van der Waals surface area contributed by atoms with Gasteiger partial charge in [-0.05, 0) is 44.2 Å². The summed E-state index contributed by atoms with van der Waals surface area (Å²) >= 11 is 0. The molecule has 0 heterocycles. The van der Waals surface area contributed by atoms with Crippen LogP contribution >= 0.6 is 0 Å². The smallest absolute Gasteiger partial charge is 0.0459 e. The molecule has 1 N–H and O–H groups in total. The van der Waals surface area contributed by atoms with E-state index < -0.39 is 0 Å². The Labute approximate surface area is 128 Å². The van der Waals surface area contributed by atoms with E-state index in [2.05, 4.69) is 78.7 Å². The van der Waals surface area contributed by atoms with Gasteiger partial charge in [-0.25, -0.2) is 0 Å². The van der Waals surface area contributed by atoms with Gasteiger partial charge >= 0.3 is 0 Å². The van der Waals surface area contributed by atoms with Crippen molar-refractivity contribution >= 4 is 11.4 Å². The van der Waals surface area contributed by atoms with E-state index >= 15 is 0 Å². The summed E-state index contributed by atoms with van der Waals surface area (Å²) < 4.78 is 0. The van der Waals surface area contributed by atoms with Crippen LogP contribution in [0.3, 0.4) is 0 Å². The van der Waals surface area contributed by atoms with Crippen LogP contribution in [0.1, 0.15) is 38.3 Å². The van der Waals surface area contributed by atoms with E-state index in [-0.39, 0.29) is 0 Å². The molecule has 0 aliphatic rings. The Morgan fingerprint density at radius 3 is 2.33 bits per heavy atom. The number of benzene rings is 2. The van der Waals surface area contributed by atoms with E-state index in [1.54, 1.807) is 0 Å². The molecule has 2 aromatic rings. The van der Waals surface area contributed by atoms with Gasteiger partial charge in [0.2, 0.25) is 0 Å². The number of hydrogen-bond acceptors (Lipinski definition) is 2. The van der Waals surface area contributed by atoms with E-state index in [0.717, 1.165) is 6.54 Å². The van der Waals surface area contributed by atoms with Crippen LogP contribution in [0.5, 0.6) is 0 Å². The molecule has 2 heteroatoms. The van der Waals surface area contributed by atoms with Crippen molar-refractivity contribution in [3.05, 3.63) is 60.2 Å². The summed E-state index contributed by atoms with van der Waals surface area (Å²) in [5.74, 6) is 0. The fourth-order valence-corrected chi connectivity index (χ4v) is 2.57. The molecule has 2 rings (SSSR count). The zero-order chi connectivity index (χ0) is 15.1. The highest BCUT2D eigenvalue weighted by Gasteiger charge is 2.15. The first-order valence-corrected chi connectivity index (χ1v) is 7.86. The van der Waals surface area contributed by atoms with Gasteiger partial charge in [-0.2, -0.15) is 0 Å². The first-order valence-electron chi connectivity index (χ1n) is 7.86. The predicted octanol–water partition coefficient (Wildman–Crippen LogP) is 4.91. The Morgan fingerprint density at radius 1 is 1.00 bits per heavy atom. The average molecular weight is 282 g/mol. The van der Waals surface area contributed by atoms with Gasteiger partial charge < -0.3 is 10.2 Å². The summed E-state index contributed by atoms with van der Waals surface area (Å²) in [4.78, 5) is 2.44. The minimum atomic E-state index is 0.342. The maximum Gasteiger partial charge on any atom is 0.0459 e. The average Bonchev–Trinajstić information content (AvgIpc) is 2.56. The number of unbranched alkanes of at least 4 members (excludes halogenated alkanes) is 1. The lowest BCUT2D eigenvalue weighted by molar-refractivity contribution is 0.649. The van der Waals surface area contributed by atoms with Crippen molar-refractivity contribution < 1.29 is 0 Å². The standard InChI is InChI=1S/C19H26N2/c1-4-5-15-21(17-11-7-6-8-12-17)19-14-10-9-13-18(19)16(2)20-3/h6-14,16,20H,4-5,15H2,1-3H3. The molecule has 21 heavy (non-hydrogen) atoms. The number of anilines is 2. The molecule has 2 nitrogen and oxygen atoms in total. The van der Waals surface area contributed by atoms with Gasteiger partial charge in [-0.3, -0.25) is 0 Å². The maximum absolute atomic E-state index is 3.36. The molecule has 1 atom stereocenters. The second-order valence-corrected chi connectivity index (χ2v) is 5.41. The first-order chi connectivity index (χ1) is 10.3. The summed E-state index contributed by atoms with van der Waals surface area (Å²) in [6, 6.07) is 19.7. The third-order valence-corrected chi connectivity index (χ3v) is 3.93. The first kappa shape index (κ1) is 15.6. The molecule has 0 saturated carbocycles. The van der Waals surface area contributed by atoms with Gasteiger partial charge in [0.05, 0.1) is 0 Å². The number of rotatable bonds is 7. The zero-order valence-electron chi connectivity index (χ0n) is 13.3. The molecule has 0 aromatic heterocycles. The highest BCUT2D eigenvalue weighted by molar-refractivity contribution is 5.67. The lowest BCUT2D eigenvalue weighted by atomic mass is 10.0. The number of nitrogens with zero attached hydrogens (tertiary/aromatic N) is 1. The summed E-state index contributed by atoms with van der Waals surface area (Å²) in [7, 11) is 2.01. The fraction of sp³-hybridized carbons (Fsp3) is 0.368. The Balaban J connectivity index is 2.42. The Bertz CT molecular complexity index is 536. The summed E-state index contributed by atoms with van der Waals surface area (Å²) in [6.07, 6.45) is 2.39. The Morgan fingerprint density at radius 2 is 1.67 bits per heavy atom. The van der Waals surface area contributed by atoms with E-state index in [1.165, 1.54) is 29.8 Å².